The standard InChI is InChI=1S/C23H21F3N2O3/c1-14(29)6-5-9-31-16-10-18(15-12-27-28(2)13-15)21-17-7-3-4-8-19(17)22(30,20(21)11-16)23(24,25)26/h3-4,7-8,10-13,30H,5-6,9H2,1-2H3. The molecule has 1 unspecified atom stereocenters. The van der Waals surface area contributed by atoms with E-state index in [1.54, 1.807) is 42.3 Å². The van der Waals surface area contributed by atoms with Crippen molar-refractivity contribution < 1.29 is 27.8 Å². The summed E-state index contributed by atoms with van der Waals surface area (Å²) in [6, 6.07) is 8.89. The Labute approximate surface area is 177 Å². The van der Waals surface area contributed by atoms with Crippen LogP contribution in [0.4, 0.5) is 13.2 Å². The molecule has 0 bridgehead atoms. The van der Waals surface area contributed by atoms with E-state index in [1.165, 1.54) is 25.1 Å². The van der Waals surface area contributed by atoms with Crippen molar-refractivity contribution in [1.29, 1.82) is 0 Å². The van der Waals surface area contributed by atoms with E-state index in [0.29, 0.717) is 35.1 Å². The molecule has 0 saturated carbocycles. The smallest absolute Gasteiger partial charge is 0.425 e. The van der Waals surface area contributed by atoms with Gasteiger partial charge < -0.3 is 14.6 Å². The second-order valence-corrected chi connectivity index (χ2v) is 7.70. The first kappa shape index (κ1) is 21.1. The predicted octanol–water partition coefficient (Wildman–Crippen LogP) is 4.61. The molecule has 0 amide bonds. The molecule has 0 aliphatic heterocycles. The number of ketones is 1. The zero-order valence-electron chi connectivity index (χ0n) is 17.0. The van der Waals surface area contributed by atoms with E-state index in [-0.39, 0.29) is 29.3 Å². The number of benzene rings is 2. The van der Waals surface area contributed by atoms with Crippen molar-refractivity contribution in [3.8, 4) is 28.0 Å². The molecule has 1 heterocycles. The first-order valence-corrected chi connectivity index (χ1v) is 9.81. The van der Waals surface area contributed by atoms with Crippen LogP contribution >= 0.6 is 0 Å². The minimum absolute atomic E-state index is 0.00972. The number of fused-ring (bicyclic) bond motifs is 3. The number of rotatable bonds is 6. The summed E-state index contributed by atoms with van der Waals surface area (Å²) < 4.78 is 49.9. The minimum Gasteiger partial charge on any atom is -0.494 e. The van der Waals surface area contributed by atoms with Gasteiger partial charge in [-0.05, 0) is 42.2 Å². The van der Waals surface area contributed by atoms with Crippen molar-refractivity contribution in [2.45, 2.75) is 31.5 Å². The van der Waals surface area contributed by atoms with Gasteiger partial charge in [-0.25, -0.2) is 0 Å². The Hall–Kier alpha value is -3.13. The van der Waals surface area contributed by atoms with Crippen LogP contribution in [-0.4, -0.2) is 33.5 Å². The van der Waals surface area contributed by atoms with Crippen LogP contribution in [-0.2, 0) is 17.4 Å². The predicted molar refractivity (Wildman–Crippen MR) is 109 cm³/mol. The summed E-state index contributed by atoms with van der Waals surface area (Å²) in [5.41, 5.74) is -1.93. The van der Waals surface area contributed by atoms with Gasteiger partial charge in [0.2, 0.25) is 5.60 Å². The van der Waals surface area contributed by atoms with Gasteiger partial charge in [-0.1, -0.05) is 24.3 Å². The fourth-order valence-corrected chi connectivity index (χ4v) is 4.04. The zero-order chi connectivity index (χ0) is 22.4. The first-order chi connectivity index (χ1) is 14.6. The Balaban J connectivity index is 1.91. The molecule has 1 atom stereocenters. The molecule has 2 aromatic carbocycles. The van der Waals surface area contributed by atoms with Crippen LogP contribution in [0.2, 0.25) is 0 Å². The number of ether oxygens (including phenoxy) is 1. The Bertz CT molecular complexity index is 1150. The number of alkyl halides is 3. The van der Waals surface area contributed by atoms with Gasteiger partial charge in [-0.3, -0.25) is 4.68 Å². The van der Waals surface area contributed by atoms with Gasteiger partial charge in [0.1, 0.15) is 11.5 Å². The second-order valence-electron chi connectivity index (χ2n) is 7.70. The number of carbonyl (C=O) groups is 1. The zero-order valence-corrected chi connectivity index (χ0v) is 17.0. The SMILES string of the molecule is CC(=O)CCCOc1cc(-c2cnn(C)c2)c2c(c1)C(O)(C(F)(F)F)c1ccccc1-2. The van der Waals surface area contributed by atoms with Crippen LogP contribution in [0, 0.1) is 0 Å². The van der Waals surface area contributed by atoms with Crippen molar-refractivity contribution in [3.63, 3.8) is 0 Å². The number of aryl methyl sites for hydroxylation is 1. The Morgan fingerprint density at radius 3 is 2.58 bits per heavy atom. The summed E-state index contributed by atoms with van der Waals surface area (Å²) in [7, 11) is 1.71. The molecule has 0 fully saturated rings. The third-order valence-electron chi connectivity index (χ3n) is 5.46. The summed E-state index contributed by atoms with van der Waals surface area (Å²) in [4.78, 5) is 11.1. The van der Waals surface area contributed by atoms with Crippen molar-refractivity contribution in [1.82, 2.24) is 9.78 Å². The molecule has 0 spiro atoms. The van der Waals surface area contributed by atoms with Gasteiger partial charge in [0.15, 0.2) is 0 Å². The van der Waals surface area contributed by atoms with E-state index >= 15 is 0 Å². The molecule has 0 radical (unpaired) electrons. The first-order valence-electron chi connectivity index (χ1n) is 9.81. The van der Waals surface area contributed by atoms with Crippen LogP contribution in [0.1, 0.15) is 30.9 Å². The number of Topliss-reactive ketones (excluding diaryl/α,β-unsaturated/α-hetero) is 1. The highest BCUT2D eigenvalue weighted by atomic mass is 19.4. The molecule has 4 rings (SSSR count). The van der Waals surface area contributed by atoms with Gasteiger partial charge in [0.25, 0.3) is 0 Å². The molecule has 5 nitrogen and oxygen atoms in total. The maximum atomic E-state index is 14.2. The molecular weight excluding hydrogens is 409 g/mol. The number of hydrogen-bond acceptors (Lipinski definition) is 4. The molecule has 162 valence electrons. The largest absolute Gasteiger partial charge is 0.494 e. The molecule has 1 aromatic heterocycles. The Kier molecular flexibility index (Phi) is 5.13. The third-order valence-corrected chi connectivity index (χ3v) is 5.46. The summed E-state index contributed by atoms with van der Waals surface area (Å²) in [5, 5.41) is 15.2. The second kappa shape index (κ2) is 7.53. The highest BCUT2D eigenvalue weighted by molar-refractivity contribution is 5.93. The molecule has 31 heavy (non-hydrogen) atoms. The van der Waals surface area contributed by atoms with Gasteiger partial charge in [-0.15, -0.1) is 0 Å². The number of aromatic nitrogens is 2. The monoisotopic (exact) mass is 430 g/mol. The topological polar surface area (TPSA) is 64.3 Å². The highest BCUT2D eigenvalue weighted by Crippen LogP contribution is 2.58. The molecule has 3 aromatic rings. The lowest BCUT2D eigenvalue weighted by Crippen LogP contribution is -2.41. The van der Waals surface area contributed by atoms with Crippen molar-refractivity contribution >= 4 is 5.78 Å². The quantitative estimate of drug-likeness (QED) is 0.580. The van der Waals surface area contributed by atoms with Crippen LogP contribution < -0.4 is 4.74 Å². The average molecular weight is 430 g/mol. The molecule has 1 N–H and O–H groups in total. The van der Waals surface area contributed by atoms with Crippen LogP contribution in [0.25, 0.3) is 22.3 Å². The number of halogens is 3. The highest BCUT2D eigenvalue weighted by Gasteiger charge is 2.61. The number of hydrogen-bond donors (Lipinski definition) is 1. The summed E-state index contributed by atoms with van der Waals surface area (Å²) in [6.07, 6.45) is -0.921. The van der Waals surface area contributed by atoms with Gasteiger partial charge in [-0.2, -0.15) is 18.3 Å². The van der Waals surface area contributed by atoms with Gasteiger partial charge in [0, 0.05) is 36.4 Å². The van der Waals surface area contributed by atoms with E-state index in [1.807, 2.05) is 0 Å². The average Bonchev–Trinajstić information content (AvgIpc) is 3.25. The van der Waals surface area contributed by atoms with Crippen molar-refractivity contribution in [2.24, 2.45) is 7.05 Å². The van der Waals surface area contributed by atoms with E-state index in [9.17, 15) is 23.1 Å². The third kappa shape index (κ3) is 3.50. The summed E-state index contributed by atoms with van der Waals surface area (Å²) in [6.45, 7) is 1.64. The molecule has 0 saturated heterocycles. The van der Waals surface area contributed by atoms with Crippen molar-refractivity contribution in [3.05, 3.63) is 59.9 Å². The lowest BCUT2D eigenvalue weighted by Gasteiger charge is -2.28. The maximum Gasteiger partial charge on any atom is 0.425 e. The Morgan fingerprint density at radius 1 is 1.19 bits per heavy atom. The van der Waals surface area contributed by atoms with E-state index in [4.69, 9.17) is 4.74 Å². The number of carbonyl (C=O) groups excluding carboxylic acids is 1. The van der Waals surface area contributed by atoms with E-state index in [0.717, 1.165) is 0 Å². The fraction of sp³-hybridized carbons (Fsp3) is 0.304. The van der Waals surface area contributed by atoms with E-state index in [2.05, 4.69) is 5.10 Å². The normalized spacial score (nSPS) is 17.4. The van der Waals surface area contributed by atoms with Gasteiger partial charge in [0.05, 0.1) is 12.8 Å². The maximum absolute atomic E-state index is 14.2. The minimum atomic E-state index is -4.94. The molecule has 1 aliphatic rings. The molecular formula is C23H21F3N2O3. The van der Waals surface area contributed by atoms with Crippen LogP contribution in [0.15, 0.2) is 48.8 Å². The van der Waals surface area contributed by atoms with E-state index < -0.39 is 11.8 Å². The summed E-state index contributed by atoms with van der Waals surface area (Å²) >= 11 is 0. The van der Waals surface area contributed by atoms with Gasteiger partial charge >= 0.3 is 6.18 Å². The number of aliphatic hydroxyl groups is 1. The van der Waals surface area contributed by atoms with Crippen LogP contribution in [0.5, 0.6) is 5.75 Å². The van der Waals surface area contributed by atoms with Crippen LogP contribution in [0.3, 0.4) is 0 Å². The summed E-state index contributed by atoms with van der Waals surface area (Å²) in [5.74, 6) is 0.201. The fourth-order valence-electron chi connectivity index (χ4n) is 4.04. The molecule has 8 heteroatoms. The Morgan fingerprint density at radius 2 is 1.94 bits per heavy atom. The number of nitrogens with zero attached hydrogens (tertiary/aromatic N) is 2. The molecule has 1 aliphatic carbocycles. The lowest BCUT2D eigenvalue weighted by molar-refractivity contribution is -0.246. The van der Waals surface area contributed by atoms with Crippen molar-refractivity contribution in [2.75, 3.05) is 6.61 Å². The lowest BCUT2D eigenvalue weighted by atomic mass is 9.89.